The molecule has 4 rings (SSSR count). The van der Waals surface area contributed by atoms with Crippen LogP contribution in [-0.4, -0.2) is 23.5 Å². The molecule has 0 radical (unpaired) electrons. The van der Waals surface area contributed by atoms with E-state index in [4.69, 9.17) is 14.9 Å². The summed E-state index contributed by atoms with van der Waals surface area (Å²) in [6, 6.07) is 24.4. The van der Waals surface area contributed by atoms with Crippen LogP contribution in [0.3, 0.4) is 0 Å². The van der Waals surface area contributed by atoms with Crippen molar-refractivity contribution in [3.05, 3.63) is 95.7 Å². The van der Waals surface area contributed by atoms with E-state index in [0.717, 1.165) is 53.8 Å². The van der Waals surface area contributed by atoms with Crippen LogP contribution in [0.1, 0.15) is 43.4 Å². The third-order valence-electron chi connectivity index (χ3n) is 5.81. The maximum Gasteiger partial charge on any atom is 0.128 e. The minimum absolute atomic E-state index is 0.547. The van der Waals surface area contributed by atoms with Crippen molar-refractivity contribution in [1.29, 1.82) is 5.41 Å². The molecule has 0 fully saturated rings. The van der Waals surface area contributed by atoms with E-state index < -0.39 is 0 Å². The fourth-order valence-electron chi connectivity index (χ4n) is 4.20. The molecule has 0 spiro atoms. The molecule has 3 aromatic carbocycles. The van der Waals surface area contributed by atoms with Crippen LogP contribution >= 0.6 is 0 Å². The third-order valence-corrected chi connectivity index (χ3v) is 5.81. The number of fused-ring (bicyclic) bond motifs is 1. The number of hydrogen-bond donors (Lipinski definition) is 1. The third kappa shape index (κ3) is 5.28. The highest BCUT2D eigenvalue weighted by Crippen LogP contribution is 2.27. The van der Waals surface area contributed by atoms with Gasteiger partial charge in [0.15, 0.2) is 0 Å². The number of ether oxygens (including phenoxy) is 2. The SMILES string of the molecule is CCCc1cc(C(=N)c2ccccc2)ccc1OCCCn1ccc2c(OCC)cccc21. The van der Waals surface area contributed by atoms with Gasteiger partial charge in [0.05, 0.1) is 24.4 Å². The van der Waals surface area contributed by atoms with Crippen molar-refractivity contribution in [2.75, 3.05) is 13.2 Å². The highest BCUT2D eigenvalue weighted by molar-refractivity contribution is 6.11. The summed E-state index contributed by atoms with van der Waals surface area (Å²) in [7, 11) is 0. The molecule has 33 heavy (non-hydrogen) atoms. The number of aryl methyl sites for hydroxylation is 2. The minimum Gasteiger partial charge on any atom is -0.493 e. The van der Waals surface area contributed by atoms with Gasteiger partial charge in [-0.2, -0.15) is 0 Å². The molecule has 0 unspecified atom stereocenters. The number of nitrogens with zero attached hydrogens (tertiary/aromatic N) is 1. The highest BCUT2D eigenvalue weighted by atomic mass is 16.5. The van der Waals surface area contributed by atoms with Gasteiger partial charge in [0.1, 0.15) is 11.5 Å². The molecular weight excluding hydrogens is 408 g/mol. The first-order chi connectivity index (χ1) is 16.2. The van der Waals surface area contributed by atoms with Gasteiger partial charge in [0.25, 0.3) is 0 Å². The zero-order valence-electron chi connectivity index (χ0n) is 19.5. The number of benzene rings is 3. The number of aromatic nitrogens is 1. The number of nitrogens with one attached hydrogen (secondary N) is 1. The topological polar surface area (TPSA) is 47.2 Å². The second-order valence-corrected chi connectivity index (χ2v) is 8.15. The lowest BCUT2D eigenvalue weighted by molar-refractivity contribution is 0.299. The molecule has 1 aromatic heterocycles. The molecule has 4 aromatic rings. The summed E-state index contributed by atoms with van der Waals surface area (Å²) in [6.45, 7) is 6.39. The summed E-state index contributed by atoms with van der Waals surface area (Å²) < 4.78 is 14.2. The largest absolute Gasteiger partial charge is 0.493 e. The normalized spacial score (nSPS) is 11.0. The minimum atomic E-state index is 0.547. The summed E-state index contributed by atoms with van der Waals surface area (Å²) in [6.07, 6.45) is 5.01. The average molecular weight is 441 g/mol. The Morgan fingerprint density at radius 1 is 0.848 bits per heavy atom. The first-order valence-corrected chi connectivity index (χ1v) is 11.8. The van der Waals surface area contributed by atoms with Gasteiger partial charge >= 0.3 is 0 Å². The van der Waals surface area contributed by atoms with Crippen molar-refractivity contribution in [2.45, 2.75) is 39.7 Å². The summed E-state index contributed by atoms with van der Waals surface area (Å²) in [5, 5.41) is 9.73. The van der Waals surface area contributed by atoms with Crippen molar-refractivity contribution in [2.24, 2.45) is 0 Å². The van der Waals surface area contributed by atoms with Crippen LogP contribution in [0.15, 0.2) is 79.0 Å². The van der Waals surface area contributed by atoms with Crippen LogP contribution < -0.4 is 9.47 Å². The molecule has 4 nitrogen and oxygen atoms in total. The monoisotopic (exact) mass is 440 g/mol. The Balaban J connectivity index is 1.40. The molecule has 0 aliphatic rings. The van der Waals surface area contributed by atoms with E-state index in [1.54, 1.807) is 0 Å². The van der Waals surface area contributed by atoms with E-state index in [1.807, 2.05) is 61.5 Å². The lowest BCUT2D eigenvalue weighted by atomic mass is 9.98. The van der Waals surface area contributed by atoms with Crippen LogP contribution in [0, 0.1) is 5.41 Å². The fraction of sp³-hybridized carbons (Fsp3) is 0.276. The predicted octanol–water partition coefficient (Wildman–Crippen LogP) is 6.88. The Morgan fingerprint density at radius 2 is 1.70 bits per heavy atom. The van der Waals surface area contributed by atoms with E-state index in [0.29, 0.717) is 18.9 Å². The molecule has 0 atom stereocenters. The quantitative estimate of drug-likeness (QED) is 0.204. The Morgan fingerprint density at radius 3 is 2.48 bits per heavy atom. The van der Waals surface area contributed by atoms with Crippen molar-refractivity contribution >= 4 is 16.6 Å². The summed E-state index contributed by atoms with van der Waals surface area (Å²) in [5.41, 5.74) is 4.77. The van der Waals surface area contributed by atoms with Gasteiger partial charge in [-0.1, -0.05) is 49.7 Å². The standard InChI is InChI=1S/C29H32N2O2/c1-3-10-23-21-24(29(30)22-11-6-5-7-12-22)15-16-27(23)33-20-9-18-31-19-17-25-26(31)13-8-14-28(25)32-4-2/h5-8,11-17,19,21,30H,3-4,9-10,18,20H2,1-2H3. The number of hydrogen-bond acceptors (Lipinski definition) is 3. The van der Waals surface area contributed by atoms with Crippen molar-refractivity contribution in [3.63, 3.8) is 0 Å². The van der Waals surface area contributed by atoms with Crippen LogP contribution in [0.5, 0.6) is 11.5 Å². The molecule has 170 valence electrons. The average Bonchev–Trinajstić information content (AvgIpc) is 3.27. The summed E-state index contributed by atoms with van der Waals surface area (Å²) in [5.74, 6) is 1.87. The van der Waals surface area contributed by atoms with Crippen LogP contribution in [-0.2, 0) is 13.0 Å². The van der Waals surface area contributed by atoms with E-state index in [9.17, 15) is 0 Å². The van der Waals surface area contributed by atoms with Gasteiger partial charge in [-0.15, -0.1) is 0 Å². The first kappa shape index (κ1) is 22.7. The Kier molecular flexibility index (Phi) is 7.46. The second kappa shape index (κ2) is 10.9. The molecule has 4 heteroatoms. The molecule has 0 amide bonds. The Bertz CT molecular complexity index is 1210. The summed E-state index contributed by atoms with van der Waals surface area (Å²) in [4.78, 5) is 0. The van der Waals surface area contributed by atoms with Crippen molar-refractivity contribution < 1.29 is 9.47 Å². The van der Waals surface area contributed by atoms with E-state index >= 15 is 0 Å². The molecule has 1 N–H and O–H groups in total. The molecule has 0 aliphatic heterocycles. The van der Waals surface area contributed by atoms with Crippen molar-refractivity contribution in [3.8, 4) is 11.5 Å². The lowest BCUT2D eigenvalue weighted by Gasteiger charge is -2.14. The number of rotatable bonds is 11. The van der Waals surface area contributed by atoms with Crippen LogP contribution in [0.4, 0.5) is 0 Å². The van der Waals surface area contributed by atoms with E-state index in [1.165, 1.54) is 11.1 Å². The van der Waals surface area contributed by atoms with Crippen LogP contribution in [0.2, 0.25) is 0 Å². The van der Waals surface area contributed by atoms with E-state index in [-0.39, 0.29) is 0 Å². The first-order valence-electron chi connectivity index (χ1n) is 11.8. The fourth-order valence-corrected chi connectivity index (χ4v) is 4.20. The van der Waals surface area contributed by atoms with Crippen molar-refractivity contribution in [1.82, 2.24) is 4.57 Å². The Labute approximate surface area is 196 Å². The molecule has 0 bridgehead atoms. The van der Waals surface area contributed by atoms with Gasteiger partial charge in [-0.25, -0.2) is 0 Å². The van der Waals surface area contributed by atoms with Gasteiger partial charge in [-0.05, 0) is 67.3 Å². The van der Waals surface area contributed by atoms with Gasteiger partial charge in [0, 0.05) is 23.7 Å². The Hall–Kier alpha value is -3.53. The molecule has 0 aliphatic carbocycles. The maximum atomic E-state index is 8.57. The van der Waals surface area contributed by atoms with Gasteiger partial charge in [-0.3, -0.25) is 5.41 Å². The second-order valence-electron chi connectivity index (χ2n) is 8.15. The van der Waals surface area contributed by atoms with Gasteiger partial charge in [0.2, 0.25) is 0 Å². The molecule has 0 saturated carbocycles. The zero-order valence-corrected chi connectivity index (χ0v) is 19.5. The smallest absolute Gasteiger partial charge is 0.128 e. The zero-order chi connectivity index (χ0) is 23.0. The van der Waals surface area contributed by atoms with Crippen LogP contribution in [0.25, 0.3) is 10.9 Å². The maximum absolute atomic E-state index is 8.57. The predicted molar refractivity (Wildman–Crippen MR) is 136 cm³/mol. The molecule has 0 saturated heterocycles. The van der Waals surface area contributed by atoms with Gasteiger partial charge < -0.3 is 14.0 Å². The molecular formula is C29H32N2O2. The lowest BCUT2D eigenvalue weighted by Crippen LogP contribution is -2.07. The van der Waals surface area contributed by atoms with E-state index in [2.05, 4.69) is 35.9 Å². The molecule has 1 heterocycles. The summed E-state index contributed by atoms with van der Waals surface area (Å²) >= 11 is 0. The highest BCUT2D eigenvalue weighted by Gasteiger charge is 2.10.